The molecule has 2 heterocycles. The largest absolute Gasteiger partial charge is 0.493 e. The third-order valence-electron chi connectivity index (χ3n) is 8.22. The van der Waals surface area contributed by atoms with Gasteiger partial charge < -0.3 is 29.2 Å². The molecule has 0 radical (unpaired) electrons. The minimum Gasteiger partial charge on any atom is -0.493 e. The molecule has 1 amide bonds. The molecule has 10 heteroatoms. The Labute approximate surface area is 281 Å². The number of aliphatic hydroxyl groups excluding tert-OH is 1. The van der Waals surface area contributed by atoms with Crippen molar-refractivity contribution < 1.29 is 28.9 Å². The second-order valence-electron chi connectivity index (χ2n) is 12.8. The molecular weight excluding hydrogens is 608 g/mol. The van der Waals surface area contributed by atoms with Gasteiger partial charge in [0.2, 0.25) is 0 Å². The molecule has 0 saturated carbocycles. The van der Waals surface area contributed by atoms with Crippen LogP contribution in [0.5, 0.6) is 5.75 Å². The van der Waals surface area contributed by atoms with Crippen molar-refractivity contribution in [3.8, 4) is 16.9 Å². The Hall–Kier alpha value is -4.83. The van der Waals surface area contributed by atoms with E-state index in [2.05, 4.69) is 28.6 Å². The Morgan fingerprint density at radius 2 is 1.71 bits per heavy atom. The third-order valence-corrected chi connectivity index (χ3v) is 8.22. The summed E-state index contributed by atoms with van der Waals surface area (Å²) in [4.78, 5) is 26.1. The van der Waals surface area contributed by atoms with E-state index in [0.29, 0.717) is 50.3 Å². The van der Waals surface area contributed by atoms with Crippen molar-refractivity contribution in [1.29, 1.82) is 0 Å². The van der Waals surface area contributed by atoms with Crippen molar-refractivity contribution >= 4 is 33.7 Å². The second-order valence-corrected chi connectivity index (χ2v) is 12.8. The lowest BCUT2D eigenvalue weighted by atomic mass is 9.98. The number of aryl methyl sites for hydroxylation is 4. The van der Waals surface area contributed by atoms with E-state index >= 15 is 0 Å². The lowest BCUT2D eigenvalue weighted by molar-refractivity contribution is 0.0502. The van der Waals surface area contributed by atoms with Crippen LogP contribution in [0.1, 0.15) is 68.0 Å². The zero-order valence-electron chi connectivity index (χ0n) is 28.8. The summed E-state index contributed by atoms with van der Waals surface area (Å²) in [6.45, 7) is 10.5. The van der Waals surface area contributed by atoms with E-state index in [-0.39, 0.29) is 13.2 Å². The Morgan fingerprint density at radius 1 is 0.979 bits per heavy atom. The van der Waals surface area contributed by atoms with E-state index in [4.69, 9.17) is 14.2 Å². The lowest BCUT2D eigenvalue weighted by Gasteiger charge is -2.20. The van der Waals surface area contributed by atoms with Crippen LogP contribution in [0.2, 0.25) is 0 Å². The Kier molecular flexibility index (Phi) is 10.7. The number of hydrogen-bond acceptors (Lipinski definition) is 7. The van der Waals surface area contributed by atoms with E-state index in [1.54, 1.807) is 11.6 Å². The van der Waals surface area contributed by atoms with Crippen LogP contribution in [0.3, 0.4) is 0 Å². The minimum absolute atomic E-state index is 0.188. The van der Waals surface area contributed by atoms with Gasteiger partial charge in [0.05, 0.1) is 36.7 Å². The molecule has 0 spiro atoms. The predicted molar refractivity (Wildman–Crippen MR) is 187 cm³/mol. The highest BCUT2D eigenvalue weighted by Crippen LogP contribution is 2.38. The van der Waals surface area contributed by atoms with Crippen LogP contribution >= 0.6 is 0 Å². The van der Waals surface area contributed by atoms with Gasteiger partial charge in [0.25, 0.3) is 0 Å². The van der Waals surface area contributed by atoms with Gasteiger partial charge in [-0.2, -0.15) is 5.10 Å². The maximum atomic E-state index is 13.8. The monoisotopic (exact) mass is 654 g/mol. The molecule has 0 aliphatic heterocycles. The molecule has 5 rings (SSSR count). The molecule has 0 unspecified atom stereocenters. The van der Waals surface area contributed by atoms with Crippen molar-refractivity contribution in [2.45, 2.75) is 72.6 Å². The summed E-state index contributed by atoms with van der Waals surface area (Å²) in [6.07, 6.45) is 1.27. The topological polar surface area (TPSA) is 117 Å². The quantitative estimate of drug-likeness (QED) is 0.103. The minimum atomic E-state index is -0.606. The number of carbonyl (C=O) groups is 2. The van der Waals surface area contributed by atoms with Crippen LogP contribution in [-0.2, 0) is 36.1 Å². The number of para-hydroxylation sites is 1. The van der Waals surface area contributed by atoms with Gasteiger partial charge in [-0.1, -0.05) is 54.6 Å². The van der Waals surface area contributed by atoms with Gasteiger partial charge in [0.1, 0.15) is 17.0 Å². The fourth-order valence-corrected chi connectivity index (χ4v) is 6.32. The number of amides is 1. The van der Waals surface area contributed by atoms with Crippen LogP contribution < -0.4 is 10.1 Å². The highest BCUT2D eigenvalue weighted by atomic mass is 16.6. The van der Waals surface area contributed by atoms with Crippen LogP contribution in [0.25, 0.3) is 32.8 Å². The molecule has 2 aromatic heterocycles. The first kappa shape index (κ1) is 34.5. The number of alkyl carbamates (subject to hydrolysis) is 1. The SMILES string of the molecule is CCOC(=O)c1c(CCCOc2cccc3ccccc23)c2cccc(-c3c(C)nn(C)c3CO)c2n1CCCNC(=O)OC(C)(C)C. The number of ether oxygens (including phenoxy) is 3. The van der Waals surface area contributed by atoms with Gasteiger partial charge in [0, 0.05) is 42.0 Å². The first-order valence-electron chi connectivity index (χ1n) is 16.6. The van der Waals surface area contributed by atoms with Crippen LogP contribution in [0.15, 0.2) is 60.7 Å². The zero-order valence-corrected chi connectivity index (χ0v) is 28.8. The summed E-state index contributed by atoms with van der Waals surface area (Å²) in [5.41, 5.74) is 4.76. The molecule has 0 saturated heterocycles. The summed E-state index contributed by atoms with van der Waals surface area (Å²) < 4.78 is 21.0. The lowest BCUT2D eigenvalue weighted by Crippen LogP contribution is -2.33. The summed E-state index contributed by atoms with van der Waals surface area (Å²) in [6, 6.07) is 20.2. The van der Waals surface area contributed by atoms with Gasteiger partial charge in [-0.25, -0.2) is 9.59 Å². The van der Waals surface area contributed by atoms with Crippen LogP contribution in [0, 0.1) is 6.92 Å². The van der Waals surface area contributed by atoms with E-state index in [0.717, 1.165) is 49.8 Å². The molecule has 0 fully saturated rings. The number of fused-ring (bicyclic) bond motifs is 2. The number of aliphatic hydroxyl groups is 1. The van der Waals surface area contributed by atoms with E-state index in [9.17, 15) is 14.7 Å². The molecule has 0 aliphatic rings. The van der Waals surface area contributed by atoms with Gasteiger partial charge in [-0.3, -0.25) is 4.68 Å². The average Bonchev–Trinajstić information content (AvgIpc) is 3.52. The Bertz CT molecular complexity index is 1910. The van der Waals surface area contributed by atoms with E-state index in [1.807, 2.05) is 81.8 Å². The summed E-state index contributed by atoms with van der Waals surface area (Å²) in [5.74, 6) is 0.416. The number of benzene rings is 3. The van der Waals surface area contributed by atoms with Crippen LogP contribution in [-0.4, -0.2) is 56.9 Å². The molecule has 254 valence electrons. The average molecular weight is 655 g/mol. The van der Waals surface area contributed by atoms with Gasteiger partial charge in [-0.05, 0) is 70.9 Å². The summed E-state index contributed by atoms with van der Waals surface area (Å²) in [5, 5.41) is 20.9. The number of nitrogens with zero attached hydrogens (tertiary/aromatic N) is 3. The third kappa shape index (κ3) is 7.49. The molecular formula is C38H46N4O6. The highest BCUT2D eigenvalue weighted by molar-refractivity contribution is 6.05. The Morgan fingerprint density at radius 3 is 2.46 bits per heavy atom. The number of rotatable bonds is 13. The second kappa shape index (κ2) is 14.9. The van der Waals surface area contributed by atoms with Gasteiger partial charge >= 0.3 is 12.1 Å². The van der Waals surface area contributed by atoms with E-state index < -0.39 is 17.7 Å². The van der Waals surface area contributed by atoms with Gasteiger partial charge in [0.15, 0.2) is 0 Å². The van der Waals surface area contributed by atoms with E-state index in [1.165, 1.54) is 0 Å². The van der Waals surface area contributed by atoms with Crippen molar-refractivity contribution in [1.82, 2.24) is 19.7 Å². The number of nitrogens with one attached hydrogen (secondary N) is 1. The smallest absolute Gasteiger partial charge is 0.407 e. The number of carbonyl (C=O) groups excluding carboxylic acids is 2. The normalized spacial score (nSPS) is 11.6. The molecule has 0 atom stereocenters. The zero-order chi connectivity index (χ0) is 34.4. The summed E-state index contributed by atoms with van der Waals surface area (Å²) >= 11 is 0. The summed E-state index contributed by atoms with van der Waals surface area (Å²) in [7, 11) is 1.81. The maximum Gasteiger partial charge on any atom is 0.407 e. The molecule has 0 aliphatic carbocycles. The van der Waals surface area contributed by atoms with Crippen molar-refractivity contribution in [2.24, 2.45) is 7.05 Å². The van der Waals surface area contributed by atoms with Crippen molar-refractivity contribution in [3.63, 3.8) is 0 Å². The Balaban J connectivity index is 1.53. The fourth-order valence-electron chi connectivity index (χ4n) is 6.32. The number of hydrogen-bond donors (Lipinski definition) is 2. The molecule has 48 heavy (non-hydrogen) atoms. The highest BCUT2D eigenvalue weighted by Gasteiger charge is 2.27. The molecule has 2 N–H and O–H groups in total. The standard InChI is InChI=1S/C38H46N4O6/c1-7-46-36(44)35-29(19-12-23-47-32-20-10-15-26-14-8-9-16-27(26)32)28-17-11-18-30(33-25(2)40-41(6)31(33)24-43)34(28)42(35)22-13-21-39-37(45)48-38(3,4)5/h8-11,14-18,20,43H,7,12-13,19,21-24H2,1-6H3,(H,39,45). The first-order valence-corrected chi connectivity index (χ1v) is 16.6. The predicted octanol–water partition coefficient (Wildman–Crippen LogP) is 7.10. The molecule has 10 nitrogen and oxygen atoms in total. The number of esters is 1. The maximum absolute atomic E-state index is 13.8. The number of aromatic nitrogens is 3. The van der Waals surface area contributed by atoms with Crippen molar-refractivity contribution in [3.05, 3.63) is 83.3 Å². The van der Waals surface area contributed by atoms with Crippen LogP contribution in [0.4, 0.5) is 4.79 Å². The molecule has 3 aromatic carbocycles. The first-order chi connectivity index (χ1) is 23.0. The van der Waals surface area contributed by atoms with Gasteiger partial charge in [-0.15, -0.1) is 0 Å². The fraction of sp³-hybridized carbons (Fsp3) is 0.395. The molecule has 5 aromatic rings. The molecule has 0 bridgehead atoms. The van der Waals surface area contributed by atoms with Crippen molar-refractivity contribution in [2.75, 3.05) is 19.8 Å².